The number of carbonyl (C=O) groups is 2. The summed E-state index contributed by atoms with van der Waals surface area (Å²) in [6.07, 6.45) is 24.6. The van der Waals surface area contributed by atoms with E-state index < -0.39 is 12.0 Å². The minimum absolute atomic E-state index is 0.0109. The Hall–Kier alpha value is -3.01. The topological polar surface area (TPSA) is 148 Å². The first-order chi connectivity index (χ1) is 20.8. The summed E-state index contributed by atoms with van der Waals surface area (Å²) in [7, 11) is 0. The molecule has 10 nitrogen and oxygen atoms in total. The summed E-state index contributed by atoms with van der Waals surface area (Å²) in [4.78, 5) is 37.3. The van der Waals surface area contributed by atoms with Crippen LogP contribution in [0, 0.1) is 11.8 Å². The quantitative estimate of drug-likeness (QED) is 0.0780. The van der Waals surface area contributed by atoms with Gasteiger partial charge in [-0.25, -0.2) is 9.97 Å². The van der Waals surface area contributed by atoms with E-state index in [9.17, 15) is 9.59 Å². The molecule has 4 N–H and O–H groups in total. The van der Waals surface area contributed by atoms with Crippen molar-refractivity contribution in [3.63, 3.8) is 0 Å². The Morgan fingerprint density at radius 1 is 0.930 bits per heavy atom. The zero-order valence-corrected chi connectivity index (χ0v) is 26.8. The van der Waals surface area contributed by atoms with Crippen molar-refractivity contribution >= 4 is 29.1 Å². The lowest BCUT2D eigenvalue weighted by Crippen LogP contribution is -2.37. The number of imidazole rings is 1. The summed E-state index contributed by atoms with van der Waals surface area (Å²) in [6, 6.07) is -0.667. The van der Waals surface area contributed by atoms with E-state index in [4.69, 9.17) is 20.9 Å². The van der Waals surface area contributed by atoms with E-state index in [-0.39, 0.29) is 37.0 Å². The first kappa shape index (κ1) is 36.2. The minimum atomic E-state index is -0.667. The van der Waals surface area contributed by atoms with Crippen LogP contribution in [0.25, 0.3) is 11.2 Å². The molecule has 43 heavy (non-hydrogen) atoms. The summed E-state index contributed by atoms with van der Waals surface area (Å²) >= 11 is 0. The van der Waals surface area contributed by atoms with E-state index in [1.54, 1.807) is 12.5 Å². The summed E-state index contributed by atoms with van der Waals surface area (Å²) in [5, 5.41) is 0. The van der Waals surface area contributed by atoms with Gasteiger partial charge in [-0.15, -0.1) is 0 Å². The van der Waals surface area contributed by atoms with Crippen LogP contribution in [0.2, 0.25) is 0 Å². The lowest BCUT2D eigenvalue weighted by molar-refractivity contribution is -0.149. The maximum absolute atomic E-state index is 12.5. The van der Waals surface area contributed by atoms with E-state index in [1.165, 1.54) is 57.8 Å². The third kappa shape index (κ3) is 15.3. The van der Waals surface area contributed by atoms with Crippen LogP contribution < -0.4 is 11.5 Å². The lowest BCUT2D eigenvalue weighted by atomic mass is 10.1. The van der Waals surface area contributed by atoms with E-state index >= 15 is 0 Å². The van der Waals surface area contributed by atoms with Gasteiger partial charge in [-0.1, -0.05) is 84.3 Å². The molecule has 0 aliphatic carbocycles. The van der Waals surface area contributed by atoms with Gasteiger partial charge < -0.3 is 25.5 Å². The van der Waals surface area contributed by atoms with E-state index in [0.717, 1.165) is 25.7 Å². The molecule has 2 aromatic rings. The number of hydrogen-bond acceptors (Lipinski definition) is 9. The van der Waals surface area contributed by atoms with Crippen LogP contribution in [0.15, 0.2) is 24.7 Å². The Balaban J connectivity index is 1.67. The smallest absolute Gasteiger partial charge is 0.323 e. The number of aromatic nitrogens is 4. The number of ether oxygens (including phenoxy) is 2. The molecule has 0 amide bonds. The van der Waals surface area contributed by atoms with E-state index in [1.807, 2.05) is 18.4 Å². The van der Waals surface area contributed by atoms with Crippen molar-refractivity contribution in [2.45, 2.75) is 130 Å². The molecule has 0 aliphatic rings. The Kier molecular flexibility index (Phi) is 18.2. The van der Waals surface area contributed by atoms with Crippen LogP contribution >= 0.6 is 0 Å². The molecule has 0 aromatic carbocycles. The highest BCUT2D eigenvalue weighted by atomic mass is 16.5. The zero-order chi connectivity index (χ0) is 31.3. The van der Waals surface area contributed by atoms with Crippen LogP contribution in [-0.2, 0) is 25.6 Å². The molecule has 0 aliphatic heterocycles. The fourth-order valence-corrected chi connectivity index (χ4v) is 4.83. The molecule has 242 valence electrons. The van der Waals surface area contributed by atoms with Crippen molar-refractivity contribution in [1.29, 1.82) is 0 Å². The zero-order valence-electron chi connectivity index (χ0n) is 26.8. The summed E-state index contributed by atoms with van der Waals surface area (Å²) in [5.41, 5.74) is 12.9. The SMILES string of the molecule is CCCCCCCC/C=C/CCCCCCCC(=O)OC[C@H](CCOC(=O)[C@@H](N)C(C)C)Cn1cnc2cnc(N)nc21. The molecule has 2 atom stereocenters. The fourth-order valence-electron chi connectivity index (χ4n) is 4.83. The lowest BCUT2D eigenvalue weighted by Gasteiger charge is -2.19. The van der Waals surface area contributed by atoms with Gasteiger partial charge in [0.2, 0.25) is 5.95 Å². The number of unbranched alkanes of at least 4 members (excludes halogenated alkanes) is 11. The maximum atomic E-state index is 12.5. The third-order valence-electron chi connectivity index (χ3n) is 7.72. The number of hydrogen-bond donors (Lipinski definition) is 2. The Bertz CT molecular complexity index is 1090. The number of nitrogens with two attached hydrogens (primary N) is 2. The highest BCUT2D eigenvalue weighted by Gasteiger charge is 2.21. The summed E-state index contributed by atoms with van der Waals surface area (Å²) < 4.78 is 12.9. The predicted molar refractivity (Wildman–Crippen MR) is 172 cm³/mol. The normalized spacial score (nSPS) is 13.1. The highest BCUT2D eigenvalue weighted by molar-refractivity contribution is 5.75. The monoisotopic (exact) mass is 600 g/mol. The Morgan fingerprint density at radius 2 is 1.58 bits per heavy atom. The summed E-state index contributed by atoms with van der Waals surface area (Å²) in [6.45, 7) is 6.87. The second kappa shape index (κ2) is 21.6. The van der Waals surface area contributed by atoms with Crippen molar-refractivity contribution in [2.24, 2.45) is 17.6 Å². The van der Waals surface area contributed by atoms with E-state index in [0.29, 0.717) is 30.6 Å². The number of nitrogen functional groups attached to an aromatic ring is 1. The van der Waals surface area contributed by atoms with Gasteiger partial charge in [0.15, 0.2) is 5.65 Å². The molecule has 2 rings (SSSR count). The molecule has 0 saturated carbocycles. The first-order valence-corrected chi connectivity index (χ1v) is 16.5. The fraction of sp³-hybridized carbons (Fsp3) is 0.727. The third-order valence-corrected chi connectivity index (χ3v) is 7.72. The van der Waals surface area contributed by atoms with Crippen molar-refractivity contribution in [3.05, 3.63) is 24.7 Å². The number of anilines is 1. The molecule has 10 heteroatoms. The largest absolute Gasteiger partial charge is 0.465 e. The van der Waals surface area contributed by atoms with Gasteiger partial charge in [-0.2, -0.15) is 4.98 Å². The molecular weight excluding hydrogens is 544 g/mol. The molecular formula is C33H56N6O4. The minimum Gasteiger partial charge on any atom is -0.465 e. The van der Waals surface area contributed by atoms with Gasteiger partial charge in [0, 0.05) is 18.9 Å². The number of allylic oxidation sites excluding steroid dienone is 2. The van der Waals surface area contributed by atoms with Gasteiger partial charge >= 0.3 is 11.9 Å². The number of carbonyl (C=O) groups excluding carboxylic acids is 2. The van der Waals surface area contributed by atoms with Gasteiger partial charge in [-0.05, 0) is 44.4 Å². The second-order valence-electron chi connectivity index (χ2n) is 11.9. The van der Waals surface area contributed by atoms with Gasteiger partial charge in [-0.3, -0.25) is 9.59 Å². The van der Waals surface area contributed by atoms with E-state index in [2.05, 4.69) is 34.0 Å². The highest BCUT2D eigenvalue weighted by Crippen LogP contribution is 2.16. The number of rotatable bonds is 24. The summed E-state index contributed by atoms with van der Waals surface area (Å²) in [5.74, 6) is -0.598. The van der Waals surface area contributed by atoms with Gasteiger partial charge in [0.25, 0.3) is 0 Å². The predicted octanol–water partition coefficient (Wildman–Crippen LogP) is 6.52. The number of fused-ring (bicyclic) bond motifs is 1. The number of nitrogens with zero attached hydrogens (tertiary/aromatic N) is 4. The van der Waals surface area contributed by atoms with Gasteiger partial charge in [0.05, 0.1) is 25.7 Å². The standard InChI is InChI=1S/C33H56N6O4/c1-4-5-6-7-8-9-10-11-12-13-14-15-16-17-18-19-29(40)43-24-27(20-21-42-32(41)30(34)26(2)3)23-39-25-37-28-22-36-33(35)38-31(28)39/h11-12,22,25-27,30H,4-10,13-21,23-24,34H2,1-3H3,(H2,35,36,38)/b12-11+/t27-,30+/m1/s1. The van der Waals surface area contributed by atoms with Crippen LogP contribution in [0.4, 0.5) is 5.95 Å². The Morgan fingerprint density at radius 3 is 2.26 bits per heavy atom. The molecule has 0 radical (unpaired) electrons. The molecule has 0 spiro atoms. The van der Waals surface area contributed by atoms with Crippen LogP contribution in [0.1, 0.15) is 117 Å². The molecule has 2 heterocycles. The number of esters is 2. The molecule has 0 bridgehead atoms. The first-order valence-electron chi connectivity index (χ1n) is 16.5. The average molecular weight is 601 g/mol. The van der Waals surface area contributed by atoms with Crippen LogP contribution in [0.5, 0.6) is 0 Å². The van der Waals surface area contributed by atoms with Crippen molar-refractivity contribution in [2.75, 3.05) is 18.9 Å². The van der Waals surface area contributed by atoms with Gasteiger partial charge in [0.1, 0.15) is 11.6 Å². The van der Waals surface area contributed by atoms with Crippen molar-refractivity contribution in [1.82, 2.24) is 19.5 Å². The van der Waals surface area contributed by atoms with Crippen molar-refractivity contribution < 1.29 is 19.1 Å². The maximum Gasteiger partial charge on any atom is 0.323 e. The van der Waals surface area contributed by atoms with Crippen LogP contribution in [-0.4, -0.2) is 50.7 Å². The molecule has 0 saturated heterocycles. The van der Waals surface area contributed by atoms with Crippen LogP contribution in [0.3, 0.4) is 0 Å². The molecule has 2 aromatic heterocycles. The van der Waals surface area contributed by atoms with Crippen molar-refractivity contribution in [3.8, 4) is 0 Å². The molecule has 0 fully saturated rings. The average Bonchev–Trinajstić information content (AvgIpc) is 3.38. The second-order valence-corrected chi connectivity index (χ2v) is 11.9. The molecule has 0 unspecified atom stereocenters. The Labute approximate surface area is 258 Å².